The molecule has 0 aliphatic carbocycles. The molecule has 2 N–H and O–H groups in total. The predicted octanol–water partition coefficient (Wildman–Crippen LogP) is 2.86. The normalized spacial score (nSPS) is 10.7. The van der Waals surface area contributed by atoms with Gasteiger partial charge in [0.15, 0.2) is 0 Å². The van der Waals surface area contributed by atoms with E-state index >= 15 is 0 Å². The molecule has 0 radical (unpaired) electrons. The number of carbonyl (C=O) groups excluding carboxylic acids is 1. The molecule has 0 bridgehead atoms. The van der Waals surface area contributed by atoms with Gasteiger partial charge in [-0.3, -0.25) is 9.89 Å². The van der Waals surface area contributed by atoms with Crippen LogP contribution in [0.25, 0.3) is 11.3 Å². The number of hydrogen-bond donors (Lipinski definition) is 2. The Labute approximate surface area is 150 Å². The van der Waals surface area contributed by atoms with Crippen molar-refractivity contribution in [2.24, 2.45) is 5.10 Å². The number of methoxy groups -OCH3 is 2. The lowest BCUT2D eigenvalue weighted by atomic mass is 10.1. The molecule has 1 heterocycles. The fraction of sp³-hybridized carbons (Fsp3) is 0.105. The summed E-state index contributed by atoms with van der Waals surface area (Å²) in [7, 11) is 3.16. The molecular weight excluding hydrogens is 332 g/mol. The molecular formula is C19H18N4O3. The van der Waals surface area contributed by atoms with Gasteiger partial charge in [-0.1, -0.05) is 30.3 Å². The van der Waals surface area contributed by atoms with E-state index < -0.39 is 5.91 Å². The minimum Gasteiger partial charge on any atom is -0.497 e. The summed E-state index contributed by atoms with van der Waals surface area (Å²) in [4.78, 5) is 12.2. The van der Waals surface area contributed by atoms with E-state index in [-0.39, 0.29) is 5.69 Å². The standard InChI is InChI=1S/C19H18N4O3/c1-25-14-8-9-18(26-2)15(10-14)16-11-17(22-21-16)19(24)23-20-12-13-6-4-3-5-7-13/h3-12H,1-2H3,(H,21,22)(H,23,24). The monoisotopic (exact) mass is 350 g/mol. The van der Waals surface area contributed by atoms with Gasteiger partial charge in [0.05, 0.1) is 26.1 Å². The molecule has 0 saturated carbocycles. The molecule has 0 atom stereocenters. The van der Waals surface area contributed by atoms with Gasteiger partial charge >= 0.3 is 0 Å². The Morgan fingerprint density at radius 3 is 2.65 bits per heavy atom. The summed E-state index contributed by atoms with van der Waals surface area (Å²) in [5.74, 6) is 0.909. The van der Waals surface area contributed by atoms with Gasteiger partial charge in [0.2, 0.25) is 0 Å². The van der Waals surface area contributed by atoms with Crippen LogP contribution in [0, 0.1) is 0 Å². The molecule has 0 aliphatic rings. The van der Waals surface area contributed by atoms with Gasteiger partial charge in [-0.05, 0) is 29.8 Å². The van der Waals surface area contributed by atoms with Gasteiger partial charge in [-0.25, -0.2) is 5.43 Å². The van der Waals surface area contributed by atoms with E-state index in [0.717, 1.165) is 11.1 Å². The van der Waals surface area contributed by atoms with Crippen molar-refractivity contribution in [2.45, 2.75) is 0 Å². The van der Waals surface area contributed by atoms with E-state index in [9.17, 15) is 4.79 Å². The van der Waals surface area contributed by atoms with Crippen molar-refractivity contribution in [3.05, 3.63) is 65.9 Å². The number of H-pyrrole nitrogens is 1. The number of aromatic amines is 1. The van der Waals surface area contributed by atoms with Gasteiger partial charge in [-0.15, -0.1) is 0 Å². The topological polar surface area (TPSA) is 88.6 Å². The van der Waals surface area contributed by atoms with Gasteiger partial charge in [0, 0.05) is 5.56 Å². The van der Waals surface area contributed by atoms with E-state index in [1.165, 1.54) is 0 Å². The number of carbonyl (C=O) groups is 1. The molecule has 7 nitrogen and oxygen atoms in total. The summed E-state index contributed by atoms with van der Waals surface area (Å²) < 4.78 is 10.6. The van der Waals surface area contributed by atoms with E-state index in [1.807, 2.05) is 30.3 Å². The molecule has 1 amide bonds. The maximum atomic E-state index is 12.2. The third-order valence-corrected chi connectivity index (χ3v) is 3.68. The highest BCUT2D eigenvalue weighted by molar-refractivity contribution is 5.94. The summed E-state index contributed by atoms with van der Waals surface area (Å²) >= 11 is 0. The number of nitrogens with zero attached hydrogens (tertiary/aromatic N) is 2. The third kappa shape index (κ3) is 3.89. The second kappa shape index (κ2) is 7.98. The van der Waals surface area contributed by atoms with Crippen molar-refractivity contribution in [1.82, 2.24) is 15.6 Å². The fourth-order valence-corrected chi connectivity index (χ4v) is 2.36. The second-order valence-electron chi connectivity index (χ2n) is 5.34. The zero-order valence-corrected chi connectivity index (χ0v) is 14.4. The Hall–Kier alpha value is -3.61. The van der Waals surface area contributed by atoms with Crippen LogP contribution >= 0.6 is 0 Å². The Balaban J connectivity index is 1.75. The molecule has 1 aromatic heterocycles. The number of ether oxygens (including phenoxy) is 2. The predicted molar refractivity (Wildman–Crippen MR) is 98.6 cm³/mol. The smallest absolute Gasteiger partial charge is 0.289 e. The maximum Gasteiger partial charge on any atom is 0.289 e. The van der Waals surface area contributed by atoms with Gasteiger partial charge in [0.25, 0.3) is 5.91 Å². The van der Waals surface area contributed by atoms with Crippen molar-refractivity contribution in [1.29, 1.82) is 0 Å². The Morgan fingerprint density at radius 1 is 1.12 bits per heavy atom. The van der Waals surface area contributed by atoms with Gasteiger partial charge < -0.3 is 9.47 Å². The highest BCUT2D eigenvalue weighted by Crippen LogP contribution is 2.32. The molecule has 0 unspecified atom stereocenters. The van der Waals surface area contributed by atoms with Crippen molar-refractivity contribution >= 4 is 12.1 Å². The van der Waals surface area contributed by atoms with Crippen LogP contribution in [0.4, 0.5) is 0 Å². The molecule has 3 aromatic rings. The second-order valence-corrected chi connectivity index (χ2v) is 5.34. The number of amides is 1. The van der Waals surface area contributed by atoms with Gasteiger partial charge in [0.1, 0.15) is 17.2 Å². The third-order valence-electron chi connectivity index (χ3n) is 3.68. The maximum absolute atomic E-state index is 12.2. The van der Waals surface area contributed by atoms with Crippen LogP contribution in [0.1, 0.15) is 16.1 Å². The average Bonchev–Trinajstić information content (AvgIpc) is 3.18. The first-order valence-corrected chi connectivity index (χ1v) is 7.87. The van der Waals surface area contributed by atoms with Crippen LogP contribution in [0.5, 0.6) is 11.5 Å². The van der Waals surface area contributed by atoms with Crippen LogP contribution in [0.15, 0.2) is 59.7 Å². The molecule has 0 fully saturated rings. The summed E-state index contributed by atoms with van der Waals surface area (Å²) in [5.41, 5.74) is 4.93. The highest BCUT2D eigenvalue weighted by atomic mass is 16.5. The van der Waals surface area contributed by atoms with Crippen molar-refractivity contribution in [2.75, 3.05) is 14.2 Å². The number of nitrogens with one attached hydrogen (secondary N) is 2. The zero-order chi connectivity index (χ0) is 18.4. The van der Waals surface area contributed by atoms with Crippen LogP contribution in [0.2, 0.25) is 0 Å². The minimum absolute atomic E-state index is 0.287. The van der Waals surface area contributed by atoms with Crippen molar-refractivity contribution < 1.29 is 14.3 Å². The summed E-state index contributed by atoms with van der Waals surface area (Å²) in [6.07, 6.45) is 1.57. The molecule has 26 heavy (non-hydrogen) atoms. The molecule has 3 rings (SSSR count). The SMILES string of the molecule is COc1ccc(OC)c(-c2cc(C(=O)NN=Cc3ccccc3)[nH]n2)c1. The lowest BCUT2D eigenvalue weighted by molar-refractivity contribution is 0.0950. The van der Waals surface area contributed by atoms with Crippen LogP contribution in [-0.4, -0.2) is 36.5 Å². The van der Waals surface area contributed by atoms with Crippen molar-refractivity contribution in [3.8, 4) is 22.8 Å². The summed E-state index contributed by atoms with van der Waals surface area (Å²) in [5, 5.41) is 10.8. The highest BCUT2D eigenvalue weighted by Gasteiger charge is 2.14. The van der Waals surface area contributed by atoms with Gasteiger partial charge in [-0.2, -0.15) is 10.2 Å². The largest absolute Gasteiger partial charge is 0.497 e. The van der Waals surface area contributed by atoms with E-state index in [2.05, 4.69) is 20.7 Å². The minimum atomic E-state index is -0.391. The number of aromatic nitrogens is 2. The molecule has 7 heteroatoms. The first-order valence-electron chi connectivity index (χ1n) is 7.87. The molecule has 2 aromatic carbocycles. The Morgan fingerprint density at radius 2 is 1.92 bits per heavy atom. The summed E-state index contributed by atoms with van der Waals surface area (Å²) in [6, 6.07) is 16.5. The first kappa shape index (κ1) is 17.2. The number of hydrazone groups is 1. The molecule has 0 aliphatic heterocycles. The van der Waals surface area contributed by atoms with Crippen molar-refractivity contribution in [3.63, 3.8) is 0 Å². The Kier molecular flexibility index (Phi) is 5.28. The average molecular weight is 350 g/mol. The molecule has 132 valence electrons. The number of rotatable bonds is 6. The number of hydrogen-bond acceptors (Lipinski definition) is 5. The fourth-order valence-electron chi connectivity index (χ4n) is 2.36. The quantitative estimate of drug-likeness (QED) is 0.528. The summed E-state index contributed by atoms with van der Waals surface area (Å²) in [6.45, 7) is 0. The van der Waals surface area contributed by atoms with E-state index in [0.29, 0.717) is 17.2 Å². The van der Waals surface area contributed by atoms with Crippen LogP contribution in [-0.2, 0) is 0 Å². The zero-order valence-electron chi connectivity index (χ0n) is 14.4. The first-order chi connectivity index (χ1) is 12.7. The van der Waals surface area contributed by atoms with E-state index in [1.54, 1.807) is 44.7 Å². The van der Waals surface area contributed by atoms with Crippen LogP contribution in [0.3, 0.4) is 0 Å². The Bertz CT molecular complexity index is 920. The molecule has 0 spiro atoms. The van der Waals surface area contributed by atoms with E-state index in [4.69, 9.17) is 9.47 Å². The van der Waals surface area contributed by atoms with Crippen LogP contribution < -0.4 is 14.9 Å². The lowest BCUT2D eigenvalue weighted by Crippen LogP contribution is -2.17. The molecule has 0 saturated heterocycles. The lowest BCUT2D eigenvalue weighted by Gasteiger charge is -2.08. The number of benzene rings is 2.